The minimum absolute atomic E-state index is 0.393. The monoisotopic (exact) mass is 282 g/mol. The van der Waals surface area contributed by atoms with Crippen molar-refractivity contribution in [3.63, 3.8) is 0 Å². The summed E-state index contributed by atoms with van der Waals surface area (Å²) < 4.78 is 6.01. The first-order valence-corrected chi connectivity index (χ1v) is 8.85. The molecule has 0 aromatic carbocycles. The summed E-state index contributed by atoms with van der Waals surface area (Å²) in [6.45, 7) is 7.13. The Morgan fingerprint density at radius 2 is 1.75 bits per heavy atom. The lowest BCUT2D eigenvalue weighted by Gasteiger charge is -2.32. The molecule has 0 saturated heterocycles. The second kappa shape index (κ2) is 9.55. The fourth-order valence-electron chi connectivity index (χ4n) is 3.47. The van der Waals surface area contributed by atoms with Crippen LogP contribution >= 0.6 is 0 Å². The van der Waals surface area contributed by atoms with Crippen LogP contribution in [0.1, 0.15) is 91.4 Å². The van der Waals surface area contributed by atoms with Crippen molar-refractivity contribution in [2.75, 3.05) is 6.61 Å². The molecule has 20 heavy (non-hydrogen) atoms. The number of ether oxygens (including phenoxy) is 1. The molecule has 1 aliphatic carbocycles. The Morgan fingerprint density at radius 3 is 2.25 bits per heavy atom. The van der Waals surface area contributed by atoms with Crippen LogP contribution in [0, 0.1) is 5.92 Å². The fourth-order valence-corrected chi connectivity index (χ4v) is 3.47. The van der Waals surface area contributed by atoms with Gasteiger partial charge in [0.05, 0.1) is 0 Å². The van der Waals surface area contributed by atoms with E-state index in [0.29, 0.717) is 18.3 Å². The first-order chi connectivity index (χ1) is 9.68. The minimum Gasteiger partial charge on any atom is -0.368 e. The maximum absolute atomic E-state index is 12.9. The molecule has 1 rings (SSSR count). The van der Waals surface area contributed by atoms with E-state index in [1.807, 2.05) is 6.92 Å². The van der Waals surface area contributed by atoms with Crippen LogP contribution in [0.5, 0.6) is 0 Å². The van der Waals surface area contributed by atoms with Gasteiger partial charge in [-0.25, -0.2) is 0 Å². The summed E-state index contributed by atoms with van der Waals surface area (Å²) in [5, 5.41) is 0. The van der Waals surface area contributed by atoms with Crippen molar-refractivity contribution < 1.29 is 9.53 Å². The standard InChI is InChI=1S/C18H34O2/c1-4-7-12-16(5-2)15-17(19)18(20-6-3)13-10-8-9-11-14-18/h16H,4-15H2,1-3H3. The Hall–Kier alpha value is -0.370. The van der Waals surface area contributed by atoms with Crippen LogP contribution in [0.3, 0.4) is 0 Å². The molecule has 2 heteroatoms. The molecule has 0 aromatic rings. The van der Waals surface area contributed by atoms with Gasteiger partial charge in [0.25, 0.3) is 0 Å². The quantitative estimate of drug-likeness (QED) is 0.537. The summed E-state index contributed by atoms with van der Waals surface area (Å²) >= 11 is 0. The summed E-state index contributed by atoms with van der Waals surface area (Å²) in [5.41, 5.74) is -0.440. The van der Waals surface area contributed by atoms with E-state index in [2.05, 4.69) is 13.8 Å². The Labute approximate surface area is 125 Å². The highest BCUT2D eigenvalue weighted by molar-refractivity contribution is 5.87. The molecular weight excluding hydrogens is 248 g/mol. The number of Topliss-reactive ketones (excluding diaryl/α,β-unsaturated/α-hetero) is 1. The van der Waals surface area contributed by atoms with Crippen molar-refractivity contribution in [1.82, 2.24) is 0 Å². The number of carbonyl (C=O) groups is 1. The van der Waals surface area contributed by atoms with Crippen LogP contribution in [0.15, 0.2) is 0 Å². The SMILES string of the molecule is CCCCC(CC)CC(=O)C1(OCC)CCCCCC1. The number of hydrogen-bond donors (Lipinski definition) is 0. The predicted octanol–water partition coefficient (Wildman–Crippen LogP) is 5.29. The topological polar surface area (TPSA) is 26.3 Å². The summed E-state index contributed by atoms with van der Waals surface area (Å²) in [7, 11) is 0. The molecule has 1 unspecified atom stereocenters. The summed E-state index contributed by atoms with van der Waals surface area (Å²) in [4.78, 5) is 12.9. The van der Waals surface area contributed by atoms with E-state index < -0.39 is 5.60 Å². The smallest absolute Gasteiger partial charge is 0.164 e. The van der Waals surface area contributed by atoms with Gasteiger partial charge in [0.15, 0.2) is 5.78 Å². The molecule has 0 heterocycles. The fraction of sp³-hybridized carbons (Fsp3) is 0.944. The van der Waals surface area contributed by atoms with Gasteiger partial charge in [-0.05, 0) is 25.7 Å². The number of unbranched alkanes of at least 4 members (excludes halogenated alkanes) is 1. The molecule has 0 aliphatic heterocycles. The minimum atomic E-state index is -0.440. The van der Waals surface area contributed by atoms with Crippen LogP contribution in [0.25, 0.3) is 0 Å². The van der Waals surface area contributed by atoms with E-state index in [9.17, 15) is 4.79 Å². The van der Waals surface area contributed by atoms with Crippen molar-refractivity contribution in [2.24, 2.45) is 5.92 Å². The van der Waals surface area contributed by atoms with Crippen LogP contribution in [-0.2, 0) is 9.53 Å². The van der Waals surface area contributed by atoms with Gasteiger partial charge in [0.1, 0.15) is 5.60 Å². The van der Waals surface area contributed by atoms with E-state index in [-0.39, 0.29) is 0 Å². The van der Waals surface area contributed by atoms with Gasteiger partial charge in [-0.2, -0.15) is 0 Å². The lowest BCUT2D eigenvalue weighted by molar-refractivity contribution is -0.147. The van der Waals surface area contributed by atoms with Gasteiger partial charge in [-0.1, -0.05) is 65.2 Å². The third kappa shape index (κ3) is 5.20. The van der Waals surface area contributed by atoms with Crippen molar-refractivity contribution in [1.29, 1.82) is 0 Å². The van der Waals surface area contributed by atoms with Gasteiger partial charge in [0, 0.05) is 13.0 Å². The van der Waals surface area contributed by atoms with E-state index in [0.717, 1.165) is 38.5 Å². The average molecular weight is 282 g/mol. The lowest BCUT2D eigenvalue weighted by atomic mass is 9.82. The van der Waals surface area contributed by atoms with Crippen LogP contribution in [-0.4, -0.2) is 18.0 Å². The summed E-state index contributed by atoms with van der Waals surface area (Å²) in [6.07, 6.45) is 12.2. The van der Waals surface area contributed by atoms with Crippen molar-refractivity contribution in [2.45, 2.75) is 97.0 Å². The van der Waals surface area contributed by atoms with E-state index in [4.69, 9.17) is 4.74 Å². The highest BCUT2D eigenvalue weighted by Gasteiger charge is 2.39. The molecule has 1 atom stereocenters. The number of rotatable bonds is 9. The lowest BCUT2D eigenvalue weighted by Crippen LogP contribution is -2.42. The number of carbonyl (C=O) groups excluding carboxylic acids is 1. The molecular formula is C18H34O2. The van der Waals surface area contributed by atoms with Crippen molar-refractivity contribution in [3.8, 4) is 0 Å². The molecule has 0 aromatic heterocycles. The zero-order chi connectivity index (χ0) is 14.8. The summed E-state index contributed by atoms with van der Waals surface area (Å²) in [5.74, 6) is 0.951. The number of hydrogen-bond acceptors (Lipinski definition) is 2. The third-order valence-corrected chi connectivity index (χ3v) is 4.86. The van der Waals surface area contributed by atoms with Gasteiger partial charge in [-0.15, -0.1) is 0 Å². The normalized spacial score (nSPS) is 20.4. The van der Waals surface area contributed by atoms with E-state index in [1.165, 1.54) is 32.1 Å². The Kier molecular flexibility index (Phi) is 8.44. The Morgan fingerprint density at radius 1 is 1.10 bits per heavy atom. The number of ketones is 1. The van der Waals surface area contributed by atoms with Gasteiger partial charge in [0.2, 0.25) is 0 Å². The highest BCUT2D eigenvalue weighted by atomic mass is 16.5. The maximum Gasteiger partial charge on any atom is 0.164 e. The van der Waals surface area contributed by atoms with Gasteiger partial charge in [-0.3, -0.25) is 4.79 Å². The first kappa shape index (κ1) is 17.7. The Balaban J connectivity index is 2.66. The molecule has 1 saturated carbocycles. The maximum atomic E-state index is 12.9. The van der Waals surface area contributed by atoms with Crippen molar-refractivity contribution in [3.05, 3.63) is 0 Å². The molecule has 118 valence electrons. The second-order valence-electron chi connectivity index (χ2n) is 6.39. The highest BCUT2D eigenvalue weighted by Crippen LogP contribution is 2.34. The molecule has 0 N–H and O–H groups in total. The van der Waals surface area contributed by atoms with Gasteiger partial charge >= 0.3 is 0 Å². The molecule has 2 nitrogen and oxygen atoms in total. The molecule has 1 fully saturated rings. The van der Waals surface area contributed by atoms with Crippen LogP contribution < -0.4 is 0 Å². The molecule has 1 aliphatic rings. The zero-order valence-electron chi connectivity index (χ0n) is 13.9. The zero-order valence-corrected chi connectivity index (χ0v) is 13.9. The average Bonchev–Trinajstić information content (AvgIpc) is 2.70. The van der Waals surface area contributed by atoms with Gasteiger partial charge < -0.3 is 4.74 Å². The summed E-state index contributed by atoms with van der Waals surface area (Å²) in [6, 6.07) is 0. The first-order valence-electron chi connectivity index (χ1n) is 8.85. The largest absolute Gasteiger partial charge is 0.368 e. The Bertz CT molecular complexity index is 265. The second-order valence-corrected chi connectivity index (χ2v) is 6.39. The molecule has 0 bridgehead atoms. The van der Waals surface area contributed by atoms with E-state index >= 15 is 0 Å². The third-order valence-electron chi connectivity index (χ3n) is 4.86. The van der Waals surface area contributed by atoms with Crippen LogP contribution in [0.4, 0.5) is 0 Å². The van der Waals surface area contributed by atoms with E-state index in [1.54, 1.807) is 0 Å². The molecule has 0 radical (unpaired) electrons. The van der Waals surface area contributed by atoms with Crippen LogP contribution in [0.2, 0.25) is 0 Å². The molecule has 0 amide bonds. The molecule has 0 spiro atoms. The predicted molar refractivity (Wildman–Crippen MR) is 85.0 cm³/mol. The van der Waals surface area contributed by atoms with Crippen molar-refractivity contribution >= 4 is 5.78 Å².